The SMILES string of the molecule is O=C(Nc1ccc(CC(=O)N2CCc3ccccc32)cc1)N[C@@H]1C[C@H]1c1cccc(F)c1. The van der Waals surface area contributed by atoms with Gasteiger partial charge >= 0.3 is 6.03 Å². The average molecular weight is 429 g/mol. The van der Waals surface area contributed by atoms with E-state index in [0.717, 1.165) is 36.2 Å². The lowest BCUT2D eigenvalue weighted by atomic mass is 10.1. The van der Waals surface area contributed by atoms with Gasteiger partial charge in [-0.3, -0.25) is 4.79 Å². The molecule has 0 saturated heterocycles. The van der Waals surface area contributed by atoms with Gasteiger partial charge in [0.1, 0.15) is 5.82 Å². The Labute approximate surface area is 186 Å². The molecule has 162 valence electrons. The van der Waals surface area contributed by atoms with Crippen molar-refractivity contribution in [2.45, 2.75) is 31.2 Å². The molecule has 3 aromatic rings. The van der Waals surface area contributed by atoms with E-state index in [1.807, 2.05) is 41.3 Å². The fourth-order valence-corrected chi connectivity index (χ4v) is 4.37. The molecule has 0 unspecified atom stereocenters. The smallest absolute Gasteiger partial charge is 0.319 e. The van der Waals surface area contributed by atoms with Gasteiger partial charge in [-0.1, -0.05) is 42.5 Å². The van der Waals surface area contributed by atoms with Crippen molar-refractivity contribution in [3.63, 3.8) is 0 Å². The predicted octanol–water partition coefficient (Wildman–Crippen LogP) is 4.64. The first kappa shape index (κ1) is 20.2. The molecule has 3 aromatic carbocycles. The van der Waals surface area contributed by atoms with Crippen molar-refractivity contribution in [3.05, 3.63) is 95.3 Å². The molecule has 3 amide bonds. The van der Waals surface area contributed by atoms with Crippen LogP contribution in [0, 0.1) is 5.82 Å². The standard InChI is InChI=1S/C26H24FN3O2/c27-20-6-3-5-19(15-20)22-16-23(22)29-26(32)28-21-10-8-17(9-11-21)14-25(31)30-13-12-18-4-1-2-7-24(18)30/h1-11,15,22-23H,12-14,16H2,(H2,28,29,32)/t22-,23+/m0/s1. The van der Waals surface area contributed by atoms with Crippen LogP contribution in [0.1, 0.15) is 29.0 Å². The molecule has 0 radical (unpaired) electrons. The van der Waals surface area contributed by atoms with Crippen LogP contribution in [0.15, 0.2) is 72.8 Å². The zero-order valence-electron chi connectivity index (χ0n) is 17.6. The van der Waals surface area contributed by atoms with E-state index in [4.69, 9.17) is 0 Å². The molecule has 2 N–H and O–H groups in total. The van der Waals surface area contributed by atoms with Crippen molar-refractivity contribution in [3.8, 4) is 0 Å². The van der Waals surface area contributed by atoms with Crippen LogP contribution in [0.2, 0.25) is 0 Å². The quantitative estimate of drug-likeness (QED) is 0.621. The number of amides is 3. The zero-order valence-corrected chi connectivity index (χ0v) is 17.6. The fourth-order valence-electron chi connectivity index (χ4n) is 4.37. The second-order valence-electron chi connectivity index (χ2n) is 8.40. The number of carbonyl (C=O) groups excluding carboxylic acids is 2. The summed E-state index contributed by atoms with van der Waals surface area (Å²) >= 11 is 0. The molecule has 1 aliphatic carbocycles. The van der Waals surface area contributed by atoms with Gasteiger partial charge < -0.3 is 15.5 Å². The summed E-state index contributed by atoms with van der Waals surface area (Å²) in [4.78, 5) is 26.9. The van der Waals surface area contributed by atoms with Crippen LogP contribution >= 0.6 is 0 Å². The molecule has 32 heavy (non-hydrogen) atoms. The molecule has 5 rings (SSSR count). The number of fused-ring (bicyclic) bond motifs is 1. The summed E-state index contributed by atoms with van der Waals surface area (Å²) in [6.45, 7) is 0.718. The van der Waals surface area contributed by atoms with Gasteiger partial charge in [0, 0.05) is 29.9 Å². The maximum Gasteiger partial charge on any atom is 0.319 e. The van der Waals surface area contributed by atoms with Gasteiger partial charge in [0.15, 0.2) is 0 Å². The summed E-state index contributed by atoms with van der Waals surface area (Å²) in [5.74, 6) is -0.0313. The topological polar surface area (TPSA) is 61.4 Å². The lowest BCUT2D eigenvalue weighted by Gasteiger charge is -2.17. The molecule has 0 bridgehead atoms. The minimum Gasteiger partial charge on any atom is -0.334 e. The third-order valence-electron chi connectivity index (χ3n) is 6.14. The second-order valence-corrected chi connectivity index (χ2v) is 8.40. The molecule has 2 aliphatic rings. The van der Waals surface area contributed by atoms with Crippen molar-refractivity contribution in [2.75, 3.05) is 16.8 Å². The van der Waals surface area contributed by atoms with Crippen molar-refractivity contribution >= 4 is 23.3 Å². The van der Waals surface area contributed by atoms with Gasteiger partial charge in [0.05, 0.1) is 6.42 Å². The van der Waals surface area contributed by atoms with E-state index in [-0.39, 0.29) is 29.7 Å². The van der Waals surface area contributed by atoms with Crippen molar-refractivity contribution in [1.82, 2.24) is 5.32 Å². The average Bonchev–Trinajstić information content (AvgIpc) is 3.41. The number of anilines is 2. The minimum absolute atomic E-state index is 0.0111. The second kappa shape index (κ2) is 8.46. The lowest BCUT2D eigenvalue weighted by Crippen LogP contribution is -2.31. The molecule has 6 heteroatoms. The Morgan fingerprint density at radius 1 is 1.00 bits per heavy atom. The third-order valence-corrected chi connectivity index (χ3v) is 6.14. The number of urea groups is 1. The van der Waals surface area contributed by atoms with Gasteiger partial charge in [0.25, 0.3) is 0 Å². The van der Waals surface area contributed by atoms with Crippen molar-refractivity contribution in [2.24, 2.45) is 0 Å². The number of para-hydroxylation sites is 1. The van der Waals surface area contributed by atoms with Crippen LogP contribution in [0.3, 0.4) is 0 Å². The van der Waals surface area contributed by atoms with Crippen LogP contribution in [0.5, 0.6) is 0 Å². The normalized spacial score (nSPS) is 18.7. The Balaban J connectivity index is 1.13. The van der Waals surface area contributed by atoms with Crippen LogP contribution in [-0.4, -0.2) is 24.5 Å². The van der Waals surface area contributed by atoms with Crippen molar-refractivity contribution < 1.29 is 14.0 Å². The number of nitrogens with one attached hydrogen (secondary N) is 2. The molecule has 5 nitrogen and oxygen atoms in total. The maximum absolute atomic E-state index is 13.4. The van der Waals surface area contributed by atoms with Gasteiger partial charge in [-0.15, -0.1) is 0 Å². The van der Waals surface area contributed by atoms with E-state index in [1.165, 1.54) is 17.7 Å². The highest BCUT2D eigenvalue weighted by molar-refractivity contribution is 5.97. The summed E-state index contributed by atoms with van der Waals surface area (Å²) in [6, 6.07) is 21.6. The number of nitrogens with zero attached hydrogens (tertiary/aromatic N) is 1. The van der Waals surface area contributed by atoms with Gasteiger partial charge in [-0.25, -0.2) is 9.18 Å². The number of benzene rings is 3. The van der Waals surface area contributed by atoms with E-state index >= 15 is 0 Å². The Bertz CT molecular complexity index is 1160. The van der Waals surface area contributed by atoms with E-state index in [1.54, 1.807) is 18.2 Å². The highest BCUT2D eigenvalue weighted by Crippen LogP contribution is 2.40. The molecule has 1 fully saturated rings. The highest BCUT2D eigenvalue weighted by atomic mass is 19.1. The van der Waals surface area contributed by atoms with Crippen LogP contribution in [0.4, 0.5) is 20.6 Å². The van der Waals surface area contributed by atoms with Crippen LogP contribution in [-0.2, 0) is 17.6 Å². The molecular formula is C26H24FN3O2. The molecule has 2 atom stereocenters. The molecule has 0 aromatic heterocycles. The van der Waals surface area contributed by atoms with E-state index in [2.05, 4.69) is 16.7 Å². The summed E-state index contributed by atoms with van der Waals surface area (Å²) < 4.78 is 13.4. The molecule has 1 saturated carbocycles. The largest absolute Gasteiger partial charge is 0.334 e. The minimum atomic E-state index is -0.286. The zero-order chi connectivity index (χ0) is 22.1. The maximum atomic E-state index is 13.4. The van der Waals surface area contributed by atoms with Gasteiger partial charge in [-0.05, 0) is 59.9 Å². The van der Waals surface area contributed by atoms with Crippen molar-refractivity contribution in [1.29, 1.82) is 0 Å². The molecule has 0 spiro atoms. The van der Waals surface area contributed by atoms with Crippen LogP contribution < -0.4 is 15.5 Å². The summed E-state index contributed by atoms with van der Waals surface area (Å²) in [7, 11) is 0. The summed E-state index contributed by atoms with van der Waals surface area (Å²) in [5, 5.41) is 5.76. The monoisotopic (exact) mass is 429 g/mol. The Morgan fingerprint density at radius 3 is 2.62 bits per heavy atom. The Kier molecular flexibility index (Phi) is 5.35. The van der Waals surface area contributed by atoms with Gasteiger partial charge in [-0.2, -0.15) is 0 Å². The number of hydrogen-bond donors (Lipinski definition) is 2. The molecular weight excluding hydrogens is 405 g/mol. The highest BCUT2D eigenvalue weighted by Gasteiger charge is 2.39. The van der Waals surface area contributed by atoms with E-state index in [0.29, 0.717) is 12.1 Å². The molecule has 1 aliphatic heterocycles. The fraction of sp³-hybridized carbons (Fsp3) is 0.231. The predicted molar refractivity (Wildman–Crippen MR) is 122 cm³/mol. The first-order valence-corrected chi connectivity index (χ1v) is 10.9. The number of rotatable bonds is 5. The first-order valence-electron chi connectivity index (χ1n) is 10.9. The van der Waals surface area contributed by atoms with Gasteiger partial charge in [0.2, 0.25) is 5.91 Å². The third kappa shape index (κ3) is 4.35. The number of hydrogen-bond acceptors (Lipinski definition) is 2. The van der Waals surface area contributed by atoms with E-state index < -0.39 is 0 Å². The number of carbonyl (C=O) groups is 2. The summed E-state index contributed by atoms with van der Waals surface area (Å²) in [6.07, 6.45) is 2.01. The Morgan fingerprint density at radius 2 is 1.81 bits per heavy atom. The summed E-state index contributed by atoms with van der Waals surface area (Å²) in [5.41, 5.74) is 4.68. The Hall–Kier alpha value is -3.67. The lowest BCUT2D eigenvalue weighted by molar-refractivity contribution is -0.117. The number of halogens is 1. The first-order chi connectivity index (χ1) is 15.6. The molecule has 1 heterocycles. The van der Waals surface area contributed by atoms with E-state index in [9.17, 15) is 14.0 Å². The van der Waals surface area contributed by atoms with Crippen LogP contribution in [0.25, 0.3) is 0 Å².